The van der Waals surface area contributed by atoms with Gasteiger partial charge in [-0.15, -0.1) is 5.10 Å². The largest absolute Gasteiger partial charge is 0.492 e. The number of pyridine rings is 1. The van der Waals surface area contributed by atoms with E-state index in [1.54, 1.807) is 13.0 Å². The van der Waals surface area contributed by atoms with Crippen molar-refractivity contribution in [2.24, 2.45) is 0 Å². The van der Waals surface area contributed by atoms with E-state index >= 15 is 0 Å². The van der Waals surface area contributed by atoms with Crippen LogP contribution in [0.1, 0.15) is 20.3 Å². The lowest BCUT2D eigenvalue weighted by atomic mass is 10.2. The number of benzene rings is 1. The van der Waals surface area contributed by atoms with E-state index in [4.69, 9.17) is 4.74 Å². The monoisotopic (exact) mass is 423 g/mol. The molecule has 0 amide bonds. The molecular formula is C18H19F2N5O3S. The number of hydrogen-bond donors (Lipinski definition) is 1. The zero-order chi connectivity index (χ0) is 21.0. The number of rotatable bonds is 8. The molecule has 0 aliphatic carbocycles. The maximum absolute atomic E-state index is 14.9. The summed E-state index contributed by atoms with van der Waals surface area (Å²) >= 11 is 0. The fourth-order valence-corrected chi connectivity index (χ4v) is 3.76. The third-order valence-electron chi connectivity index (χ3n) is 3.85. The normalized spacial score (nSPS) is 11.4. The van der Waals surface area contributed by atoms with E-state index in [0.717, 1.165) is 16.8 Å². The zero-order valence-electron chi connectivity index (χ0n) is 15.8. The Morgan fingerprint density at radius 1 is 1.21 bits per heavy atom. The second-order valence-electron chi connectivity index (χ2n) is 6.07. The molecule has 8 nitrogen and oxygen atoms in total. The summed E-state index contributed by atoms with van der Waals surface area (Å²) in [6, 6.07) is 3.66. The molecule has 0 fully saturated rings. The van der Waals surface area contributed by atoms with E-state index < -0.39 is 27.3 Å². The number of halogens is 2. The number of anilines is 1. The summed E-state index contributed by atoms with van der Waals surface area (Å²) < 4.78 is 61.5. The molecule has 0 bridgehead atoms. The summed E-state index contributed by atoms with van der Waals surface area (Å²) in [6.07, 6.45) is 4.71. The second kappa shape index (κ2) is 8.52. The van der Waals surface area contributed by atoms with Crippen molar-refractivity contribution < 1.29 is 21.9 Å². The van der Waals surface area contributed by atoms with Gasteiger partial charge in [-0.3, -0.25) is 9.71 Å². The van der Waals surface area contributed by atoms with Crippen LogP contribution < -0.4 is 9.46 Å². The third-order valence-corrected chi connectivity index (χ3v) is 5.32. The van der Waals surface area contributed by atoms with Gasteiger partial charge in [0.2, 0.25) is 10.0 Å². The van der Waals surface area contributed by atoms with Crippen LogP contribution in [0.5, 0.6) is 5.75 Å². The Morgan fingerprint density at radius 2 is 2.00 bits per heavy atom. The number of nitrogens with one attached hydrogen (secondary N) is 1. The summed E-state index contributed by atoms with van der Waals surface area (Å²) in [6.45, 7) is 3.96. The molecule has 0 atom stereocenters. The van der Waals surface area contributed by atoms with Crippen LogP contribution in [0.2, 0.25) is 0 Å². The molecule has 0 radical (unpaired) electrons. The van der Waals surface area contributed by atoms with E-state index in [9.17, 15) is 17.2 Å². The molecule has 0 unspecified atom stereocenters. The van der Waals surface area contributed by atoms with Crippen LogP contribution in [0.3, 0.4) is 0 Å². The summed E-state index contributed by atoms with van der Waals surface area (Å²) in [5.41, 5.74) is -0.0566. The molecule has 3 aromatic rings. The van der Waals surface area contributed by atoms with Crippen molar-refractivity contribution in [3.63, 3.8) is 0 Å². The first-order chi connectivity index (χ1) is 13.8. The highest BCUT2D eigenvalue weighted by molar-refractivity contribution is 7.92. The Bertz CT molecular complexity index is 1120. The van der Waals surface area contributed by atoms with Crippen molar-refractivity contribution in [3.05, 3.63) is 48.4 Å². The Morgan fingerprint density at radius 3 is 2.72 bits per heavy atom. The van der Waals surface area contributed by atoms with Gasteiger partial charge >= 0.3 is 0 Å². The smallest absolute Gasteiger partial charge is 0.232 e. The van der Waals surface area contributed by atoms with Crippen molar-refractivity contribution >= 4 is 15.7 Å². The van der Waals surface area contributed by atoms with E-state index in [-0.39, 0.29) is 11.4 Å². The fraction of sp³-hybridized carbons (Fsp3) is 0.278. The van der Waals surface area contributed by atoms with Gasteiger partial charge in [0.15, 0.2) is 11.6 Å². The summed E-state index contributed by atoms with van der Waals surface area (Å²) in [4.78, 5) is 4.04. The lowest BCUT2D eigenvalue weighted by Crippen LogP contribution is -2.18. The molecule has 1 aromatic carbocycles. The second-order valence-corrected chi connectivity index (χ2v) is 7.91. The molecule has 0 saturated heterocycles. The molecule has 0 aliphatic rings. The van der Waals surface area contributed by atoms with Crippen molar-refractivity contribution in [3.8, 4) is 22.7 Å². The van der Waals surface area contributed by atoms with Crippen LogP contribution >= 0.6 is 0 Å². The highest BCUT2D eigenvalue weighted by Crippen LogP contribution is 2.27. The van der Waals surface area contributed by atoms with Crippen molar-refractivity contribution in [1.29, 1.82) is 0 Å². The minimum Gasteiger partial charge on any atom is -0.492 e. The van der Waals surface area contributed by atoms with E-state index in [1.807, 2.05) is 6.92 Å². The Hall–Kier alpha value is -3.08. The zero-order valence-corrected chi connectivity index (χ0v) is 16.6. The van der Waals surface area contributed by atoms with Crippen LogP contribution in [0.15, 0.2) is 36.8 Å². The van der Waals surface area contributed by atoms with Crippen LogP contribution in [0.4, 0.5) is 14.5 Å². The minimum atomic E-state index is -3.75. The fourth-order valence-electron chi connectivity index (χ4n) is 2.63. The molecular weight excluding hydrogens is 404 g/mol. The van der Waals surface area contributed by atoms with Crippen LogP contribution in [-0.4, -0.2) is 40.8 Å². The molecule has 29 heavy (non-hydrogen) atoms. The van der Waals surface area contributed by atoms with Crippen molar-refractivity contribution in [2.75, 3.05) is 17.1 Å². The van der Waals surface area contributed by atoms with Gasteiger partial charge < -0.3 is 4.74 Å². The number of sulfonamides is 1. The van der Waals surface area contributed by atoms with Gasteiger partial charge in [0.25, 0.3) is 0 Å². The summed E-state index contributed by atoms with van der Waals surface area (Å²) in [7, 11) is -3.75. The molecule has 0 aliphatic heterocycles. The van der Waals surface area contributed by atoms with E-state index in [0.29, 0.717) is 30.0 Å². The summed E-state index contributed by atoms with van der Waals surface area (Å²) in [5.74, 6) is -1.68. The topological polar surface area (TPSA) is 99.0 Å². The maximum atomic E-state index is 14.9. The predicted molar refractivity (Wildman–Crippen MR) is 103 cm³/mol. The number of nitrogens with zero attached hydrogens (tertiary/aromatic N) is 4. The quantitative estimate of drug-likeness (QED) is 0.598. The van der Waals surface area contributed by atoms with Gasteiger partial charge in [0.1, 0.15) is 17.1 Å². The maximum Gasteiger partial charge on any atom is 0.232 e. The first-order valence-corrected chi connectivity index (χ1v) is 10.5. The molecule has 2 aromatic heterocycles. The van der Waals surface area contributed by atoms with Crippen LogP contribution in [-0.2, 0) is 10.0 Å². The lowest BCUT2D eigenvalue weighted by Gasteiger charge is -2.11. The van der Waals surface area contributed by atoms with E-state index in [2.05, 4.69) is 20.0 Å². The van der Waals surface area contributed by atoms with Crippen molar-refractivity contribution in [2.45, 2.75) is 20.3 Å². The van der Waals surface area contributed by atoms with Gasteiger partial charge in [0.05, 0.1) is 30.4 Å². The Labute approximate surface area is 166 Å². The molecule has 3 rings (SSSR count). The highest BCUT2D eigenvalue weighted by Gasteiger charge is 2.20. The van der Waals surface area contributed by atoms with E-state index in [1.165, 1.54) is 18.6 Å². The Kier molecular flexibility index (Phi) is 6.06. The predicted octanol–water partition coefficient (Wildman–Crippen LogP) is 3.16. The average Bonchev–Trinajstić information content (AvgIpc) is 3.14. The number of aromatic nitrogens is 4. The van der Waals surface area contributed by atoms with Gasteiger partial charge in [0, 0.05) is 11.8 Å². The number of ether oxygens (including phenoxy) is 1. The minimum absolute atomic E-state index is 0.185. The first-order valence-electron chi connectivity index (χ1n) is 8.84. The van der Waals surface area contributed by atoms with Gasteiger partial charge in [-0.1, -0.05) is 12.1 Å². The van der Waals surface area contributed by atoms with Crippen LogP contribution in [0.25, 0.3) is 16.9 Å². The highest BCUT2D eigenvalue weighted by atomic mass is 32.2. The Balaban J connectivity index is 1.98. The number of hydrogen-bond acceptors (Lipinski definition) is 6. The molecule has 154 valence electrons. The molecule has 0 spiro atoms. The lowest BCUT2D eigenvalue weighted by molar-refractivity contribution is 0.339. The summed E-state index contributed by atoms with van der Waals surface area (Å²) in [5, 5.41) is 7.70. The van der Waals surface area contributed by atoms with Gasteiger partial charge in [-0.25, -0.2) is 21.9 Å². The van der Waals surface area contributed by atoms with Crippen molar-refractivity contribution in [1.82, 2.24) is 20.0 Å². The molecule has 0 saturated carbocycles. The standard InChI is InChI=1S/C18H19F2N5O3S/c1-3-7-29(26,27)23-15-6-5-14(19)18(17(15)20)25-11-16(22-24-25)12-8-13(28-4-2)10-21-9-12/h5-6,8-11,23H,3-4,7H2,1-2H3. The SMILES string of the molecule is CCCS(=O)(=O)Nc1ccc(F)c(-n2cc(-c3cncc(OCC)c3)nn2)c1F. The molecule has 2 heterocycles. The van der Waals surface area contributed by atoms with Crippen LogP contribution in [0, 0.1) is 11.6 Å². The third kappa shape index (κ3) is 4.67. The average molecular weight is 423 g/mol. The van der Waals surface area contributed by atoms with Gasteiger partial charge in [-0.05, 0) is 31.5 Å². The van der Waals surface area contributed by atoms with Gasteiger partial charge in [-0.2, -0.15) is 0 Å². The molecule has 11 heteroatoms. The first kappa shape index (κ1) is 20.6. The molecule has 1 N–H and O–H groups in total.